The predicted octanol–water partition coefficient (Wildman–Crippen LogP) is 3.56. The molecule has 0 saturated heterocycles. The molecule has 3 aromatic rings. The fourth-order valence-corrected chi connectivity index (χ4v) is 3.65. The Bertz CT molecular complexity index is 1050. The number of hydrogen-bond donors (Lipinski definition) is 2. The molecule has 1 atom stereocenters. The fraction of sp³-hybridized carbons (Fsp3) is 0.0909. The number of nitrogens with one attached hydrogen (secondary N) is 1. The monoisotopic (exact) mass is 392 g/mol. The molecular weight excluding hydrogens is 376 g/mol. The number of hydrogen-bond acceptors (Lipinski definition) is 3. The Morgan fingerprint density at radius 2 is 1.71 bits per heavy atom. The molecule has 2 amide bonds. The van der Waals surface area contributed by atoms with Crippen LogP contribution in [0.5, 0.6) is 0 Å². The zero-order valence-electron chi connectivity index (χ0n) is 14.8. The number of para-hydroxylation sites is 1. The summed E-state index contributed by atoms with van der Waals surface area (Å²) in [6.45, 7) is -0.225. The van der Waals surface area contributed by atoms with Crippen molar-refractivity contribution in [2.75, 3.05) is 16.8 Å². The van der Waals surface area contributed by atoms with Crippen LogP contribution in [0.1, 0.15) is 11.1 Å². The second-order valence-corrected chi connectivity index (χ2v) is 6.98. The highest BCUT2D eigenvalue weighted by Gasteiger charge is 2.51. The van der Waals surface area contributed by atoms with Crippen LogP contribution in [0.3, 0.4) is 0 Å². The van der Waals surface area contributed by atoms with Gasteiger partial charge in [-0.25, -0.2) is 0 Å². The Morgan fingerprint density at radius 3 is 2.46 bits per heavy atom. The lowest BCUT2D eigenvalue weighted by Gasteiger charge is -2.23. The molecule has 140 valence electrons. The first-order valence-electron chi connectivity index (χ1n) is 8.75. The molecule has 0 aliphatic carbocycles. The van der Waals surface area contributed by atoms with E-state index in [0.717, 1.165) is 0 Å². The molecule has 0 bridgehead atoms. The predicted molar refractivity (Wildman–Crippen MR) is 108 cm³/mol. The Balaban J connectivity index is 1.65. The number of halogens is 1. The molecule has 4 rings (SSSR count). The van der Waals surface area contributed by atoms with Crippen molar-refractivity contribution < 1.29 is 14.7 Å². The van der Waals surface area contributed by atoms with Gasteiger partial charge < -0.3 is 10.4 Å². The highest BCUT2D eigenvalue weighted by Crippen LogP contribution is 2.44. The first-order valence-corrected chi connectivity index (χ1v) is 9.13. The second-order valence-electron chi connectivity index (χ2n) is 6.54. The Hall–Kier alpha value is -3.15. The van der Waals surface area contributed by atoms with E-state index in [9.17, 15) is 14.7 Å². The molecule has 1 heterocycles. The lowest BCUT2D eigenvalue weighted by Crippen LogP contribution is -2.44. The summed E-state index contributed by atoms with van der Waals surface area (Å²) in [5, 5.41) is 14.6. The molecule has 0 fully saturated rings. The molecule has 3 aromatic carbocycles. The molecule has 0 radical (unpaired) electrons. The minimum atomic E-state index is -1.83. The zero-order valence-corrected chi connectivity index (χ0v) is 15.6. The van der Waals surface area contributed by atoms with Crippen LogP contribution in [0.15, 0.2) is 78.9 Å². The van der Waals surface area contributed by atoms with E-state index in [-0.39, 0.29) is 12.5 Å². The number of fused-ring (bicyclic) bond motifs is 1. The highest BCUT2D eigenvalue weighted by molar-refractivity contribution is 6.30. The number of benzene rings is 3. The summed E-state index contributed by atoms with van der Waals surface area (Å²) < 4.78 is 0. The maximum atomic E-state index is 13.2. The summed E-state index contributed by atoms with van der Waals surface area (Å²) in [6, 6.07) is 22.5. The van der Waals surface area contributed by atoms with Gasteiger partial charge in [0, 0.05) is 16.3 Å². The molecule has 1 aliphatic rings. The second kappa shape index (κ2) is 7.11. The molecule has 1 aliphatic heterocycles. The van der Waals surface area contributed by atoms with E-state index in [1.54, 1.807) is 72.8 Å². The number of carbonyl (C=O) groups excluding carboxylic acids is 2. The van der Waals surface area contributed by atoms with Crippen LogP contribution < -0.4 is 10.2 Å². The van der Waals surface area contributed by atoms with Gasteiger partial charge in [-0.05, 0) is 29.8 Å². The molecule has 5 nitrogen and oxygen atoms in total. The fourth-order valence-electron chi connectivity index (χ4n) is 3.46. The Labute approximate surface area is 167 Å². The van der Waals surface area contributed by atoms with E-state index in [2.05, 4.69) is 5.32 Å². The van der Waals surface area contributed by atoms with Crippen LogP contribution in [0, 0.1) is 0 Å². The molecular formula is C22H17ClN2O3. The standard InChI is InChI=1S/C22H17ClN2O3/c23-16-9-6-10-17(13-16)24-20(26)14-25-19-12-5-4-11-18(19)22(28,21(25)27)15-7-2-1-3-8-15/h1-13,28H,14H2,(H,24,26)/t22-/m1/s1. The summed E-state index contributed by atoms with van der Waals surface area (Å²) >= 11 is 5.95. The van der Waals surface area contributed by atoms with Crippen LogP contribution in [-0.4, -0.2) is 23.5 Å². The highest BCUT2D eigenvalue weighted by atomic mass is 35.5. The first-order chi connectivity index (χ1) is 13.5. The van der Waals surface area contributed by atoms with Crippen molar-refractivity contribution in [2.24, 2.45) is 0 Å². The molecule has 28 heavy (non-hydrogen) atoms. The number of rotatable bonds is 4. The molecule has 0 saturated carbocycles. The van der Waals surface area contributed by atoms with Gasteiger partial charge in [-0.1, -0.05) is 66.2 Å². The van der Waals surface area contributed by atoms with Gasteiger partial charge >= 0.3 is 0 Å². The smallest absolute Gasteiger partial charge is 0.268 e. The number of nitrogens with zero attached hydrogens (tertiary/aromatic N) is 1. The minimum Gasteiger partial charge on any atom is -0.372 e. The van der Waals surface area contributed by atoms with Crippen molar-refractivity contribution >= 4 is 34.8 Å². The van der Waals surface area contributed by atoms with Crippen LogP contribution in [0.25, 0.3) is 0 Å². The van der Waals surface area contributed by atoms with Crippen LogP contribution in [0.4, 0.5) is 11.4 Å². The van der Waals surface area contributed by atoms with Crippen molar-refractivity contribution in [3.8, 4) is 0 Å². The maximum absolute atomic E-state index is 13.2. The van der Waals surface area contributed by atoms with Gasteiger partial charge in [0.1, 0.15) is 6.54 Å². The largest absolute Gasteiger partial charge is 0.372 e. The summed E-state index contributed by atoms with van der Waals surface area (Å²) in [7, 11) is 0. The third kappa shape index (κ3) is 3.05. The van der Waals surface area contributed by atoms with Gasteiger partial charge in [0.2, 0.25) is 5.91 Å². The summed E-state index contributed by atoms with van der Waals surface area (Å²) in [5.74, 6) is -0.941. The average Bonchev–Trinajstić information content (AvgIpc) is 2.92. The van der Waals surface area contributed by atoms with Gasteiger partial charge in [0.25, 0.3) is 5.91 Å². The summed E-state index contributed by atoms with van der Waals surface area (Å²) in [5.41, 5.74) is 0.150. The van der Waals surface area contributed by atoms with Gasteiger partial charge in [-0.15, -0.1) is 0 Å². The zero-order chi connectivity index (χ0) is 19.7. The van der Waals surface area contributed by atoms with E-state index in [0.29, 0.717) is 27.5 Å². The maximum Gasteiger partial charge on any atom is 0.268 e. The lowest BCUT2D eigenvalue weighted by atomic mass is 9.88. The van der Waals surface area contributed by atoms with Crippen molar-refractivity contribution in [3.63, 3.8) is 0 Å². The van der Waals surface area contributed by atoms with Crippen LogP contribution >= 0.6 is 11.6 Å². The van der Waals surface area contributed by atoms with Gasteiger partial charge in [-0.2, -0.15) is 0 Å². The summed E-state index contributed by atoms with van der Waals surface area (Å²) in [6.07, 6.45) is 0. The summed E-state index contributed by atoms with van der Waals surface area (Å²) in [4.78, 5) is 27.1. The van der Waals surface area contributed by atoms with Crippen molar-refractivity contribution in [2.45, 2.75) is 5.60 Å². The Morgan fingerprint density at radius 1 is 1.00 bits per heavy atom. The van der Waals surface area contributed by atoms with Gasteiger partial charge in [0.05, 0.1) is 5.69 Å². The van der Waals surface area contributed by atoms with Crippen LogP contribution in [0.2, 0.25) is 5.02 Å². The first kappa shape index (κ1) is 18.2. The third-order valence-electron chi connectivity index (χ3n) is 4.74. The number of amides is 2. The van der Waals surface area contributed by atoms with Crippen molar-refractivity contribution in [1.82, 2.24) is 0 Å². The van der Waals surface area contributed by atoms with E-state index in [4.69, 9.17) is 11.6 Å². The number of anilines is 2. The van der Waals surface area contributed by atoms with Crippen molar-refractivity contribution in [1.29, 1.82) is 0 Å². The van der Waals surface area contributed by atoms with Gasteiger partial charge in [-0.3, -0.25) is 14.5 Å². The number of carbonyl (C=O) groups is 2. The third-order valence-corrected chi connectivity index (χ3v) is 4.98. The average molecular weight is 393 g/mol. The molecule has 0 aromatic heterocycles. The van der Waals surface area contributed by atoms with E-state index < -0.39 is 11.5 Å². The molecule has 2 N–H and O–H groups in total. The van der Waals surface area contributed by atoms with Gasteiger partial charge in [0.15, 0.2) is 5.60 Å². The van der Waals surface area contributed by atoms with E-state index >= 15 is 0 Å². The lowest BCUT2D eigenvalue weighted by molar-refractivity contribution is -0.133. The molecule has 6 heteroatoms. The Kier molecular flexibility index (Phi) is 4.63. The quantitative estimate of drug-likeness (QED) is 0.713. The normalized spacial score (nSPS) is 18.1. The molecule has 0 spiro atoms. The van der Waals surface area contributed by atoms with Crippen LogP contribution in [-0.2, 0) is 15.2 Å². The topological polar surface area (TPSA) is 69.6 Å². The van der Waals surface area contributed by atoms with E-state index in [1.165, 1.54) is 4.90 Å². The SMILES string of the molecule is O=C(CN1C(=O)[C@@](O)(c2ccccc2)c2ccccc21)Nc1cccc(Cl)c1. The number of aliphatic hydroxyl groups is 1. The minimum absolute atomic E-state index is 0.225. The molecule has 0 unspecified atom stereocenters. The van der Waals surface area contributed by atoms with Crippen molar-refractivity contribution in [3.05, 3.63) is 95.0 Å². The van der Waals surface area contributed by atoms with E-state index in [1.807, 2.05) is 6.07 Å².